The van der Waals surface area contributed by atoms with Crippen molar-refractivity contribution in [2.75, 3.05) is 0 Å². The molecule has 1 aromatic heterocycles. The minimum Gasteiger partial charge on any atom is -0.345 e. The fourth-order valence-electron chi connectivity index (χ4n) is 1.93. The first-order valence-corrected chi connectivity index (χ1v) is 8.18. The summed E-state index contributed by atoms with van der Waals surface area (Å²) in [6.07, 6.45) is 1.50. The Morgan fingerprint density at radius 2 is 2.00 bits per heavy atom. The number of primary sulfonamides is 1. The highest BCUT2D eigenvalue weighted by Gasteiger charge is 2.14. The standard InChI is InChI=1S/C15H17N3O3S/c1-10-6-7-13(9-17-10)15(19)18-11(2)12-4-3-5-14(8-12)22(16,20)21/h3-9,11H,1-2H3,(H,18,19)(H2,16,20,21). The zero-order chi connectivity index (χ0) is 16.3. The maximum atomic E-state index is 12.1. The summed E-state index contributed by atoms with van der Waals surface area (Å²) in [5.41, 5.74) is 1.92. The zero-order valence-corrected chi connectivity index (χ0v) is 13.1. The molecule has 2 rings (SSSR count). The molecule has 6 nitrogen and oxygen atoms in total. The van der Waals surface area contributed by atoms with E-state index in [4.69, 9.17) is 5.14 Å². The van der Waals surface area contributed by atoms with Crippen molar-refractivity contribution in [2.24, 2.45) is 5.14 Å². The van der Waals surface area contributed by atoms with Gasteiger partial charge in [0.05, 0.1) is 16.5 Å². The summed E-state index contributed by atoms with van der Waals surface area (Å²) in [5, 5.41) is 7.90. The van der Waals surface area contributed by atoms with Gasteiger partial charge < -0.3 is 5.32 Å². The Bertz CT molecular complexity index is 786. The van der Waals surface area contributed by atoms with Crippen LogP contribution in [0, 0.1) is 6.92 Å². The van der Waals surface area contributed by atoms with E-state index in [2.05, 4.69) is 10.3 Å². The second kappa shape index (κ2) is 6.25. The molecule has 0 radical (unpaired) electrons. The molecule has 1 aromatic carbocycles. The average molecular weight is 319 g/mol. The Balaban J connectivity index is 2.17. The average Bonchev–Trinajstić information content (AvgIpc) is 2.47. The van der Waals surface area contributed by atoms with Gasteiger partial charge in [-0.3, -0.25) is 9.78 Å². The van der Waals surface area contributed by atoms with E-state index in [0.717, 1.165) is 5.69 Å². The van der Waals surface area contributed by atoms with Gasteiger partial charge in [0.15, 0.2) is 0 Å². The Hall–Kier alpha value is -2.25. The highest BCUT2D eigenvalue weighted by atomic mass is 32.2. The lowest BCUT2D eigenvalue weighted by atomic mass is 10.1. The molecule has 1 unspecified atom stereocenters. The van der Waals surface area contributed by atoms with Crippen molar-refractivity contribution in [2.45, 2.75) is 24.8 Å². The largest absolute Gasteiger partial charge is 0.345 e. The van der Waals surface area contributed by atoms with Crippen LogP contribution in [0.5, 0.6) is 0 Å². The van der Waals surface area contributed by atoms with Crippen LogP contribution in [0.25, 0.3) is 0 Å². The highest BCUT2D eigenvalue weighted by Crippen LogP contribution is 2.17. The Labute approximate surface area is 129 Å². The van der Waals surface area contributed by atoms with Gasteiger partial charge in [-0.2, -0.15) is 0 Å². The van der Waals surface area contributed by atoms with Gasteiger partial charge >= 0.3 is 0 Å². The minimum absolute atomic E-state index is 0.0168. The molecule has 7 heteroatoms. The fourth-order valence-corrected chi connectivity index (χ4v) is 2.49. The molecule has 0 fully saturated rings. The smallest absolute Gasteiger partial charge is 0.253 e. The molecule has 22 heavy (non-hydrogen) atoms. The molecular formula is C15H17N3O3S. The van der Waals surface area contributed by atoms with Crippen molar-refractivity contribution in [3.05, 3.63) is 59.4 Å². The van der Waals surface area contributed by atoms with Crippen LogP contribution in [0.2, 0.25) is 0 Å². The lowest BCUT2D eigenvalue weighted by Crippen LogP contribution is -2.27. The summed E-state index contributed by atoms with van der Waals surface area (Å²) in [7, 11) is -3.77. The van der Waals surface area contributed by atoms with Crippen LogP contribution in [-0.2, 0) is 10.0 Å². The molecule has 1 atom stereocenters. The first kappa shape index (κ1) is 16.1. The third kappa shape index (κ3) is 3.90. The third-order valence-corrected chi connectivity index (χ3v) is 4.12. The molecular weight excluding hydrogens is 302 g/mol. The number of carbonyl (C=O) groups is 1. The number of sulfonamides is 1. The molecule has 0 spiro atoms. The van der Waals surface area contributed by atoms with E-state index in [0.29, 0.717) is 11.1 Å². The van der Waals surface area contributed by atoms with E-state index in [1.165, 1.54) is 18.3 Å². The molecule has 0 bridgehead atoms. The number of carbonyl (C=O) groups excluding carboxylic acids is 1. The maximum absolute atomic E-state index is 12.1. The molecule has 116 valence electrons. The first-order valence-electron chi connectivity index (χ1n) is 6.63. The van der Waals surface area contributed by atoms with Crippen molar-refractivity contribution >= 4 is 15.9 Å². The van der Waals surface area contributed by atoms with Crippen molar-refractivity contribution in [3.8, 4) is 0 Å². The molecule has 0 aliphatic rings. The highest BCUT2D eigenvalue weighted by molar-refractivity contribution is 7.89. The summed E-state index contributed by atoms with van der Waals surface area (Å²) in [5.74, 6) is -0.277. The number of aromatic nitrogens is 1. The van der Waals surface area contributed by atoms with E-state index in [-0.39, 0.29) is 16.8 Å². The molecule has 1 amide bonds. The second-order valence-corrected chi connectivity index (χ2v) is 6.56. The summed E-state index contributed by atoms with van der Waals surface area (Å²) < 4.78 is 22.7. The van der Waals surface area contributed by atoms with Gasteiger partial charge in [-0.1, -0.05) is 12.1 Å². The van der Waals surface area contributed by atoms with Gasteiger partial charge in [-0.15, -0.1) is 0 Å². The third-order valence-electron chi connectivity index (χ3n) is 3.21. The van der Waals surface area contributed by atoms with E-state index >= 15 is 0 Å². The van der Waals surface area contributed by atoms with Gasteiger partial charge in [-0.25, -0.2) is 13.6 Å². The van der Waals surface area contributed by atoms with Crippen LogP contribution in [0.3, 0.4) is 0 Å². The number of hydrogen-bond acceptors (Lipinski definition) is 4. The second-order valence-electron chi connectivity index (χ2n) is 5.00. The number of nitrogens with two attached hydrogens (primary N) is 1. The Kier molecular flexibility index (Phi) is 4.58. The Morgan fingerprint density at radius 1 is 1.27 bits per heavy atom. The number of nitrogens with one attached hydrogen (secondary N) is 1. The summed E-state index contributed by atoms with van der Waals surface area (Å²) in [4.78, 5) is 16.2. The first-order chi connectivity index (χ1) is 10.3. The number of hydrogen-bond donors (Lipinski definition) is 2. The van der Waals surface area contributed by atoms with E-state index < -0.39 is 10.0 Å². The molecule has 0 aliphatic heterocycles. The number of rotatable bonds is 4. The number of aryl methyl sites for hydroxylation is 1. The maximum Gasteiger partial charge on any atom is 0.253 e. The van der Waals surface area contributed by atoms with Crippen LogP contribution in [0.4, 0.5) is 0 Å². The van der Waals surface area contributed by atoms with Crippen molar-refractivity contribution in [1.82, 2.24) is 10.3 Å². The SMILES string of the molecule is Cc1ccc(C(=O)NC(C)c2cccc(S(N)(=O)=O)c2)cn1. The van der Waals surface area contributed by atoms with Gasteiger partial charge in [0.25, 0.3) is 5.91 Å². The molecule has 2 aromatic rings. The van der Waals surface area contributed by atoms with Crippen LogP contribution < -0.4 is 10.5 Å². The van der Waals surface area contributed by atoms with E-state index in [1.54, 1.807) is 31.2 Å². The van der Waals surface area contributed by atoms with Crippen LogP contribution in [-0.4, -0.2) is 19.3 Å². The van der Waals surface area contributed by atoms with Gasteiger partial charge in [0.2, 0.25) is 10.0 Å². The number of amides is 1. The van der Waals surface area contributed by atoms with E-state index in [1.807, 2.05) is 6.92 Å². The van der Waals surface area contributed by atoms with Crippen molar-refractivity contribution in [3.63, 3.8) is 0 Å². The Morgan fingerprint density at radius 3 is 2.59 bits per heavy atom. The zero-order valence-electron chi connectivity index (χ0n) is 12.3. The summed E-state index contributed by atoms with van der Waals surface area (Å²) in [6.45, 7) is 3.60. The van der Waals surface area contributed by atoms with E-state index in [9.17, 15) is 13.2 Å². The number of benzene rings is 1. The fraction of sp³-hybridized carbons (Fsp3) is 0.200. The molecule has 0 saturated carbocycles. The summed E-state index contributed by atoms with van der Waals surface area (Å²) in [6, 6.07) is 9.26. The van der Waals surface area contributed by atoms with Crippen molar-refractivity contribution in [1.29, 1.82) is 0 Å². The molecule has 1 heterocycles. The topological polar surface area (TPSA) is 102 Å². The lowest BCUT2D eigenvalue weighted by Gasteiger charge is -2.15. The van der Waals surface area contributed by atoms with Crippen molar-refractivity contribution < 1.29 is 13.2 Å². The van der Waals surface area contributed by atoms with Crippen LogP contribution in [0.1, 0.15) is 34.6 Å². The van der Waals surface area contributed by atoms with Gasteiger partial charge in [-0.05, 0) is 43.7 Å². The normalized spacial score (nSPS) is 12.7. The number of pyridine rings is 1. The van der Waals surface area contributed by atoms with Crippen LogP contribution >= 0.6 is 0 Å². The molecule has 3 N–H and O–H groups in total. The summed E-state index contributed by atoms with van der Waals surface area (Å²) >= 11 is 0. The van der Waals surface area contributed by atoms with Gasteiger partial charge in [0, 0.05) is 11.9 Å². The quantitative estimate of drug-likeness (QED) is 0.892. The molecule has 0 saturated heterocycles. The number of nitrogens with zero attached hydrogens (tertiary/aromatic N) is 1. The predicted molar refractivity (Wildman–Crippen MR) is 82.7 cm³/mol. The predicted octanol–water partition coefficient (Wildman–Crippen LogP) is 1.53. The lowest BCUT2D eigenvalue weighted by molar-refractivity contribution is 0.0939. The van der Waals surface area contributed by atoms with Gasteiger partial charge in [0.1, 0.15) is 0 Å². The monoisotopic (exact) mass is 319 g/mol. The van der Waals surface area contributed by atoms with Crippen LogP contribution in [0.15, 0.2) is 47.5 Å². The minimum atomic E-state index is -3.77. The molecule has 0 aliphatic carbocycles.